The van der Waals surface area contributed by atoms with E-state index in [1.165, 1.54) is 0 Å². The number of aromatic nitrogens is 3. The number of hydrogen-bond donors (Lipinski definition) is 1. The molecular weight excluding hydrogens is 309 g/mol. The molecule has 0 radical (unpaired) electrons. The smallest absolute Gasteiger partial charge is 0.437 e. The van der Waals surface area contributed by atoms with E-state index in [1.807, 2.05) is 6.92 Å². The van der Waals surface area contributed by atoms with Crippen LogP contribution in [0.5, 0.6) is 0 Å². The maximum absolute atomic E-state index is 12.6. The minimum atomic E-state index is -4.76. The van der Waals surface area contributed by atoms with E-state index in [4.69, 9.17) is 0 Å². The summed E-state index contributed by atoms with van der Waals surface area (Å²) >= 11 is 0.919. The highest BCUT2D eigenvalue weighted by Gasteiger charge is 2.43. The number of nitrogens with zero attached hydrogens (tertiary/aromatic N) is 3. The molecule has 10 heteroatoms. The van der Waals surface area contributed by atoms with Crippen LogP contribution in [0.4, 0.5) is 18.3 Å². The van der Waals surface area contributed by atoms with Gasteiger partial charge < -0.3 is 4.42 Å². The van der Waals surface area contributed by atoms with Gasteiger partial charge in [-0.15, -0.1) is 0 Å². The lowest BCUT2D eigenvalue weighted by atomic mass is 10.1. The summed E-state index contributed by atoms with van der Waals surface area (Å²) in [6, 6.07) is 0. The highest BCUT2D eigenvalue weighted by atomic mass is 32.1. The monoisotopic (exact) mass is 318 g/mol. The molecule has 0 bridgehead atoms. The van der Waals surface area contributed by atoms with Crippen molar-refractivity contribution >= 4 is 22.6 Å². The highest BCUT2D eigenvalue weighted by molar-refractivity contribution is 7.09. The number of oxazole rings is 1. The Morgan fingerprint density at radius 3 is 2.81 bits per heavy atom. The second kappa shape index (κ2) is 4.52. The average molecular weight is 318 g/mol. The van der Waals surface area contributed by atoms with Crippen LogP contribution in [0.15, 0.2) is 10.8 Å². The third-order valence-electron chi connectivity index (χ3n) is 3.23. The van der Waals surface area contributed by atoms with Gasteiger partial charge in [0.15, 0.2) is 17.9 Å². The summed E-state index contributed by atoms with van der Waals surface area (Å²) < 4.78 is 46.5. The molecule has 0 aliphatic heterocycles. The summed E-state index contributed by atoms with van der Waals surface area (Å²) in [5, 5.41) is 2.38. The molecule has 112 valence electrons. The number of carbonyl (C=O) groups excluding carboxylic acids is 1. The van der Waals surface area contributed by atoms with Gasteiger partial charge in [0.25, 0.3) is 5.91 Å². The van der Waals surface area contributed by atoms with E-state index in [0.717, 1.165) is 24.4 Å². The van der Waals surface area contributed by atoms with E-state index < -0.39 is 23.5 Å². The number of nitrogens with one attached hydrogen (secondary N) is 1. The van der Waals surface area contributed by atoms with Gasteiger partial charge in [-0.1, -0.05) is 6.92 Å². The van der Waals surface area contributed by atoms with Crippen LogP contribution in [-0.2, 0) is 11.6 Å². The minimum Gasteiger partial charge on any atom is -0.438 e. The SMILES string of the molecule is CC1(c2nsc(NC(=O)c3ocnc3C(F)(F)F)n2)CC1. The van der Waals surface area contributed by atoms with Crippen molar-refractivity contribution in [2.24, 2.45) is 0 Å². The van der Waals surface area contributed by atoms with Crippen LogP contribution in [0.2, 0.25) is 0 Å². The summed E-state index contributed by atoms with van der Waals surface area (Å²) in [5.74, 6) is -1.35. The molecule has 2 aromatic rings. The number of halogens is 3. The van der Waals surface area contributed by atoms with Gasteiger partial charge in [0.2, 0.25) is 10.9 Å². The quantitative estimate of drug-likeness (QED) is 0.941. The van der Waals surface area contributed by atoms with Crippen LogP contribution in [0.1, 0.15) is 41.8 Å². The number of alkyl halides is 3. The fraction of sp³-hybridized carbons (Fsp3) is 0.455. The van der Waals surface area contributed by atoms with Gasteiger partial charge in [-0.05, 0) is 12.8 Å². The van der Waals surface area contributed by atoms with Crippen LogP contribution in [0.25, 0.3) is 0 Å². The van der Waals surface area contributed by atoms with Crippen LogP contribution in [-0.4, -0.2) is 20.2 Å². The van der Waals surface area contributed by atoms with Crippen molar-refractivity contribution in [3.05, 3.63) is 23.7 Å². The number of anilines is 1. The van der Waals surface area contributed by atoms with Gasteiger partial charge in [0.1, 0.15) is 0 Å². The Hall–Kier alpha value is -1.97. The Labute approximate surface area is 120 Å². The van der Waals surface area contributed by atoms with Crippen molar-refractivity contribution in [1.82, 2.24) is 14.3 Å². The van der Waals surface area contributed by atoms with E-state index in [9.17, 15) is 18.0 Å². The van der Waals surface area contributed by atoms with Crippen molar-refractivity contribution in [1.29, 1.82) is 0 Å². The number of rotatable bonds is 3. The normalized spacial score (nSPS) is 16.8. The average Bonchev–Trinajstić information content (AvgIpc) is 2.86. The molecule has 2 heterocycles. The van der Waals surface area contributed by atoms with Crippen LogP contribution < -0.4 is 5.32 Å². The minimum absolute atomic E-state index is 0.0805. The predicted molar refractivity (Wildman–Crippen MR) is 66.0 cm³/mol. The highest BCUT2D eigenvalue weighted by Crippen LogP contribution is 2.46. The molecule has 1 saturated carbocycles. The molecule has 1 N–H and O–H groups in total. The Bertz CT molecular complexity index is 690. The Morgan fingerprint density at radius 1 is 1.48 bits per heavy atom. The zero-order valence-electron chi connectivity index (χ0n) is 10.7. The molecule has 0 saturated heterocycles. The van der Waals surface area contributed by atoms with Gasteiger partial charge >= 0.3 is 6.18 Å². The maximum atomic E-state index is 12.6. The van der Waals surface area contributed by atoms with Gasteiger partial charge in [-0.2, -0.15) is 17.5 Å². The van der Waals surface area contributed by atoms with E-state index in [2.05, 4.69) is 24.1 Å². The molecule has 1 fully saturated rings. The number of amides is 1. The topological polar surface area (TPSA) is 80.9 Å². The van der Waals surface area contributed by atoms with Crippen molar-refractivity contribution in [3.63, 3.8) is 0 Å². The largest absolute Gasteiger partial charge is 0.438 e. The van der Waals surface area contributed by atoms with Crippen LogP contribution in [0, 0.1) is 0 Å². The van der Waals surface area contributed by atoms with Gasteiger partial charge in [0.05, 0.1) is 0 Å². The number of hydrogen-bond acceptors (Lipinski definition) is 6. The summed E-state index contributed by atoms with van der Waals surface area (Å²) in [6.07, 6.45) is -2.27. The van der Waals surface area contributed by atoms with Crippen LogP contribution in [0.3, 0.4) is 0 Å². The fourth-order valence-electron chi connectivity index (χ4n) is 1.69. The van der Waals surface area contributed by atoms with E-state index in [1.54, 1.807) is 0 Å². The lowest BCUT2D eigenvalue weighted by Crippen LogP contribution is -2.17. The molecule has 1 amide bonds. The zero-order valence-corrected chi connectivity index (χ0v) is 11.5. The molecule has 3 rings (SSSR count). The van der Waals surface area contributed by atoms with Crippen molar-refractivity contribution in [2.45, 2.75) is 31.4 Å². The van der Waals surface area contributed by atoms with Crippen LogP contribution >= 0.6 is 11.5 Å². The third-order valence-corrected chi connectivity index (χ3v) is 3.86. The first kappa shape index (κ1) is 14.0. The van der Waals surface area contributed by atoms with Gasteiger partial charge in [-0.3, -0.25) is 10.1 Å². The van der Waals surface area contributed by atoms with Crippen molar-refractivity contribution in [2.75, 3.05) is 5.32 Å². The molecule has 0 unspecified atom stereocenters. The Balaban J connectivity index is 1.78. The first-order valence-corrected chi connectivity index (χ1v) is 6.73. The molecule has 6 nitrogen and oxygen atoms in total. The molecule has 1 aliphatic rings. The maximum Gasteiger partial charge on any atom is 0.437 e. The van der Waals surface area contributed by atoms with E-state index >= 15 is 0 Å². The fourth-order valence-corrected chi connectivity index (χ4v) is 2.39. The van der Waals surface area contributed by atoms with E-state index in [-0.39, 0.29) is 10.5 Å². The second-order valence-corrected chi connectivity index (χ2v) is 5.72. The molecule has 2 aromatic heterocycles. The second-order valence-electron chi connectivity index (χ2n) is 4.97. The molecular formula is C11H9F3N4O2S. The van der Waals surface area contributed by atoms with E-state index in [0.29, 0.717) is 12.2 Å². The van der Waals surface area contributed by atoms with Gasteiger partial charge in [-0.25, -0.2) is 9.97 Å². The lowest BCUT2D eigenvalue weighted by molar-refractivity contribution is -0.141. The Morgan fingerprint density at radius 2 is 2.19 bits per heavy atom. The first-order valence-electron chi connectivity index (χ1n) is 5.96. The third kappa shape index (κ3) is 2.62. The standard InChI is InChI=1S/C11H9F3N4O2S/c1-10(2-3-10)8-17-9(21-18-8)16-7(19)5-6(11(12,13)14)15-4-20-5/h4H,2-3H2,1H3,(H,16,17,18,19). The molecule has 1 aliphatic carbocycles. The molecule has 0 atom stereocenters. The summed E-state index contributed by atoms with van der Waals surface area (Å²) in [5.41, 5.74) is -1.44. The van der Waals surface area contributed by atoms with Crippen molar-refractivity contribution in [3.8, 4) is 0 Å². The predicted octanol–water partition coefficient (Wildman–Crippen LogP) is 2.85. The zero-order chi connectivity index (χ0) is 15.3. The first-order chi connectivity index (χ1) is 9.79. The molecule has 21 heavy (non-hydrogen) atoms. The Kier molecular flexibility index (Phi) is 3.01. The summed E-state index contributed by atoms with van der Waals surface area (Å²) in [6.45, 7) is 1.98. The lowest BCUT2D eigenvalue weighted by Gasteiger charge is -2.04. The summed E-state index contributed by atoms with van der Waals surface area (Å²) in [4.78, 5) is 18.9. The molecule has 0 spiro atoms. The summed E-state index contributed by atoms with van der Waals surface area (Å²) in [7, 11) is 0. The van der Waals surface area contributed by atoms with Crippen molar-refractivity contribution < 1.29 is 22.4 Å². The molecule has 0 aromatic carbocycles. The number of carbonyl (C=O) groups is 1. The van der Waals surface area contributed by atoms with Gasteiger partial charge in [0, 0.05) is 16.9 Å².